The van der Waals surface area contributed by atoms with Crippen molar-refractivity contribution in [1.29, 1.82) is 0 Å². The lowest BCUT2D eigenvalue weighted by molar-refractivity contribution is -0.170. The molecule has 1 aromatic carbocycles. The van der Waals surface area contributed by atoms with Gasteiger partial charge in [0, 0.05) is 40.2 Å². The van der Waals surface area contributed by atoms with Crippen molar-refractivity contribution in [3.05, 3.63) is 36.0 Å². The Morgan fingerprint density at radius 2 is 1.60 bits per heavy atom. The highest BCUT2D eigenvalue weighted by Crippen LogP contribution is 2.42. The predicted octanol–water partition coefficient (Wildman–Crippen LogP) is 3.67. The number of nitrogens with one attached hydrogen (secondary N) is 1. The summed E-state index contributed by atoms with van der Waals surface area (Å²) in [5.41, 5.74) is -0.941. The SMILES string of the molecule is CCN(CC)c1ncc(N(CC)C(=O)C(F)(F)F)c(N[C@@H](Cc2ccc(N3C(=O)C(N4C(=O)N(C)C5(CCCCC5)C4=O)N(C)C3=O)cc2)C(=O)O)n1. The minimum absolute atomic E-state index is 0.101. The van der Waals surface area contributed by atoms with Crippen molar-refractivity contribution in [2.45, 2.75) is 83.2 Å². The number of urea groups is 2. The van der Waals surface area contributed by atoms with E-state index >= 15 is 0 Å². The van der Waals surface area contributed by atoms with E-state index in [9.17, 15) is 47.0 Å². The normalized spacial score (nSPS) is 19.4. The Kier molecular flexibility index (Phi) is 10.9. The van der Waals surface area contributed by atoms with Crippen molar-refractivity contribution < 1.29 is 47.0 Å². The zero-order chi connectivity index (χ0) is 39.0. The standard InChI is InChI=1S/C34H42F3N9O7/c1-6-43(7-2)30-38-19-23(44(8-3)29(51)34(35,36)37)24(40-30)39-22(27(48)49)18-20-12-14-21(15-13-20)45-26(47)25(41(4)31(45)52)46-28(50)33(42(5)32(46)53)16-10-9-11-17-33/h12-15,19,22,25H,6-11,16-18H2,1-5H3,(H,48,49)(H,38,39,40)/t22-,25?/m0/s1. The zero-order valence-electron chi connectivity index (χ0n) is 30.0. The Morgan fingerprint density at radius 3 is 2.15 bits per heavy atom. The van der Waals surface area contributed by atoms with Crippen LogP contribution in [0.5, 0.6) is 0 Å². The number of amides is 7. The lowest BCUT2D eigenvalue weighted by Crippen LogP contribution is -2.53. The molecule has 2 aromatic rings. The number of carbonyl (C=O) groups is 6. The van der Waals surface area contributed by atoms with Gasteiger partial charge in [0.15, 0.2) is 12.0 Å². The third-order valence-electron chi connectivity index (χ3n) is 10.1. The number of nitrogens with zero attached hydrogens (tertiary/aromatic N) is 8. The van der Waals surface area contributed by atoms with E-state index < -0.39 is 66.2 Å². The van der Waals surface area contributed by atoms with Crippen molar-refractivity contribution >= 4 is 58.9 Å². The van der Waals surface area contributed by atoms with Crippen molar-refractivity contribution in [3.63, 3.8) is 0 Å². The summed E-state index contributed by atoms with van der Waals surface area (Å²) in [6.07, 6.45) is -2.60. The second kappa shape index (κ2) is 14.9. The molecule has 1 aliphatic carbocycles. The molecule has 1 saturated carbocycles. The number of imide groups is 2. The Morgan fingerprint density at radius 1 is 0.981 bits per heavy atom. The summed E-state index contributed by atoms with van der Waals surface area (Å²) < 4.78 is 40.5. The fourth-order valence-corrected chi connectivity index (χ4v) is 7.15. The molecule has 3 heterocycles. The van der Waals surface area contributed by atoms with Gasteiger partial charge in [-0.05, 0) is 51.3 Å². The van der Waals surface area contributed by atoms with Crippen molar-refractivity contribution in [2.75, 3.05) is 53.7 Å². The molecule has 1 unspecified atom stereocenters. The van der Waals surface area contributed by atoms with Crippen molar-refractivity contribution in [1.82, 2.24) is 24.7 Å². The summed E-state index contributed by atoms with van der Waals surface area (Å²) in [5, 5.41) is 12.8. The van der Waals surface area contributed by atoms with Crippen LogP contribution in [0, 0.1) is 0 Å². The van der Waals surface area contributed by atoms with Gasteiger partial charge in [0.05, 0.1) is 11.9 Å². The lowest BCUT2D eigenvalue weighted by Gasteiger charge is -2.36. The number of halogens is 3. The molecular weight excluding hydrogens is 703 g/mol. The zero-order valence-corrected chi connectivity index (χ0v) is 30.0. The minimum atomic E-state index is -5.22. The number of aliphatic carboxylic acids is 1. The molecule has 1 spiro atoms. The first-order valence-corrected chi connectivity index (χ1v) is 17.3. The molecule has 19 heteroatoms. The van der Waals surface area contributed by atoms with Crippen molar-refractivity contribution in [3.8, 4) is 0 Å². The number of hydrogen-bond donors (Lipinski definition) is 2. The average molecular weight is 746 g/mol. The highest BCUT2D eigenvalue weighted by atomic mass is 19.4. The first kappa shape index (κ1) is 38.7. The highest BCUT2D eigenvalue weighted by molar-refractivity contribution is 6.23. The molecule has 5 rings (SSSR count). The molecule has 1 aromatic heterocycles. The molecule has 0 radical (unpaired) electrons. The van der Waals surface area contributed by atoms with Gasteiger partial charge in [-0.2, -0.15) is 18.2 Å². The van der Waals surface area contributed by atoms with E-state index in [1.54, 1.807) is 18.7 Å². The topological polar surface area (TPSA) is 180 Å². The number of benzene rings is 1. The van der Waals surface area contributed by atoms with E-state index in [4.69, 9.17) is 0 Å². The molecule has 7 amide bonds. The van der Waals surface area contributed by atoms with E-state index in [-0.39, 0.29) is 29.6 Å². The van der Waals surface area contributed by atoms with Crippen LogP contribution >= 0.6 is 0 Å². The maximum atomic E-state index is 13.8. The third-order valence-corrected chi connectivity index (χ3v) is 10.1. The van der Waals surface area contributed by atoms with E-state index in [1.807, 2.05) is 0 Å². The average Bonchev–Trinajstić information content (AvgIpc) is 3.44. The number of hydrogen-bond acceptors (Lipinski definition) is 10. The molecule has 2 aliphatic heterocycles. The van der Waals surface area contributed by atoms with E-state index in [0.29, 0.717) is 36.4 Å². The minimum Gasteiger partial charge on any atom is -0.480 e. The fourth-order valence-electron chi connectivity index (χ4n) is 7.15. The monoisotopic (exact) mass is 745 g/mol. The molecule has 53 heavy (non-hydrogen) atoms. The Hall–Kier alpha value is -5.49. The van der Waals surface area contributed by atoms with Gasteiger partial charge in [-0.1, -0.05) is 31.4 Å². The smallest absolute Gasteiger partial charge is 0.471 e. The van der Waals surface area contributed by atoms with Gasteiger partial charge in [-0.3, -0.25) is 19.3 Å². The summed E-state index contributed by atoms with van der Waals surface area (Å²) in [7, 11) is 2.85. The molecule has 2 N–H and O–H groups in total. The highest BCUT2D eigenvalue weighted by Gasteiger charge is 2.62. The van der Waals surface area contributed by atoms with Crippen molar-refractivity contribution in [2.24, 2.45) is 0 Å². The number of carboxylic acids is 1. The van der Waals surface area contributed by atoms with Crippen LogP contribution in [0.4, 0.5) is 45.9 Å². The quantitative estimate of drug-likeness (QED) is 0.303. The molecule has 3 aliphatic rings. The summed E-state index contributed by atoms with van der Waals surface area (Å²) in [4.78, 5) is 93.7. The fraction of sp³-hybridized carbons (Fsp3) is 0.529. The van der Waals surface area contributed by atoms with Gasteiger partial charge in [-0.15, -0.1) is 0 Å². The van der Waals surface area contributed by atoms with Gasteiger partial charge < -0.3 is 25.1 Å². The molecule has 16 nitrogen and oxygen atoms in total. The van der Waals surface area contributed by atoms with Crippen LogP contribution in [0.25, 0.3) is 0 Å². The number of rotatable bonds is 12. The molecule has 3 fully saturated rings. The first-order valence-electron chi connectivity index (χ1n) is 17.3. The van der Waals surface area contributed by atoms with Gasteiger partial charge in [-0.25, -0.2) is 29.2 Å². The molecular formula is C34H42F3N9O7. The first-order chi connectivity index (χ1) is 25.0. The number of alkyl halides is 3. The molecule has 2 saturated heterocycles. The Labute approximate surface area is 303 Å². The van der Waals surface area contributed by atoms with Crippen LogP contribution in [0.2, 0.25) is 0 Å². The maximum Gasteiger partial charge on any atom is 0.471 e. The van der Waals surface area contributed by atoms with E-state index in [0.717, 1.165) is 40.2 Å². The number of likely N-dealkylation sites (N-methyl/N-ethyl adjacent to an activating group) is 2. The maximum absolute atomic E-state index is 13.8. The second-order valence-corrected chi connectivity index (χ2v) is 13.1. The Bertz CT molecular complexity index is 1780. The van der Waals surface area contributed by atoms with E-state index in [2.05, 4.69) is 15.3 Å². The second-order valence-electron chi connectivity index (χ2n) is 13.1. The van der Waals surface area contributed by atoms with Gasteiger partial charge in [0.25, 0.3) is 11.8 Å². The number of anilines is 4. The summed E-state index contributed by atoms with van der Waals surface area (Å²) >= 11 is 0. The number of aromatic nitrogens is 2. The van der Waals surface area contributed by atoms with Crippen LogP contribution in [0.1, 0.15) is 58.4 Å². The summed E-state index contributed by atoms with van der Waals surface area (Å²) in [6, 6.07) is 2.81. The van der Waals surface area contributed by atoms with Gasteiger partial charge >= 0.3 is 30.1 Å². The predicted molar refractivity (Wildman–Crippen MR) is 185 cm³/mol. The summed E-state index contributed by atoms with van der Waals surface area (Å²) in [6.45, 7) is 5.39. The largest absolute Gasteiger partial charge is 0.480 e. The number of carboxylic acid groups (broad SMARTS) is 1. The molecule has 286 valence electrons. The van der Waals surface area contributed by atoms with Crippen LogP contribution < -0.4 is 20.0 Å². The van der Waals surface area contributed by atoms with Gasteiger partial charge in [0.2, 0.25) is 5.95 Å². The van der Waals surface area contributed by atoms with Crippen LogP contribution in [0.15, 0.2) is 30.5 Å². The van der Waals surface area contributed by atoms with Crippen LogP contribution in [0.3, 0.4) is 0 Å². The lowest BCUT2D eigenvalue weighted by atomic mass is 9.80. The summed E-state index contributed by atoms with van der Waals surface area (Å²) in [5.74, 6) is -5.10. The van der Waals surface area contributed by atoms with Crippen LogP contribution in [-0.2, 0) is 25.6 Å². The Balaban J connectivity index is 1.39. The number of carbonyl (C=O) groups excluding carboxylic acids is 5. The van der Waals surface area contributed by atoms with Gasteiger partial charge in [0.1, 0.15) is 17.3 Å². The third kappa shape index (κ3) is 6.91. The molecule has 2 atom stereocenters. The van der Waals surface area contributed by atoms with E-state index in [1.165, 1.54) is 50.2 Å². The van der Waals surface area contributed by atoms with Crippen LogP contribution in [-0.4, -0.2) is 123 Å². The molecule has 0 bridgehead atoms.